The second-order valence-corrected chi connectivity index (χ2v) is 5.06. The largest absolute Gasteiger partial charge is 0.432 e. The summed E-state index contributed by atoms with van der Waals surface area (Å²) in [6.07, 6.45) is 4.67. The minimum Gasteiger partial charge on any atom is -0.432 e. The summed E-state index contributed by atoms with van der Waals surface area (Å²) in [5, 5.41) is 2.48. The van der Waals surface area contributed by atoms with E-state index in [9.17, 15) is 9.59 Å². The van der Waals surface area contributed by atoms with Gasteiger partial charge in [0.2, 0.25) is 0 Å². The molecule has 2 heterocycles. The van der Waals surface area contributed by atoms with Crippen LogP contribution >= 0.6 is 0 Å². The van der Waals surface area contributed by atoms with Gasteiger partial charge in [-0.25, -0.2) is 4.98 Å². The molecule has 0 bridgehead atoms. The Hall–Kier alpha value is -2.37. The van der Waals surface area contributed by atoms with Gasteiger partial charge in [-0.15, -0.1) is 0 Å². The summed E-state index contributed by atoms with van der Waals surface area (Å²) in [5.74, 6) is -0.125. The van der Waals surface area contributed by atoms with E-state index in [1.807, 2.05) is 0 Å². The summed E-state index contributed by atoms with van der Waals surface area (Å²) < 4.78 is 6.53. The SMILES string of the molecule is C[C@H]1CCc2c1cc(C(=O)Nc1ncco1)c(=O)n2C. The van der Waals surface area contributed by atoms with Gasteiger partial charge in [0, 0.05) is 12.7 Å². The maximum Gasteiger partial charge on any atom is 0.301 e. The van der Waals surface area contributed by atoms with Crippen LogP contribution in [0.1, 0.15) is 40.9 Å². The number of nitrogens with zero attached hydrogens (tertiary/aromatic N) is 2. The van der Waals surface area contributed by atoms with Crippen LogP contribution in [-0.4, -0.2) is 15.5 Å². The van der Waals surface area contributed by atoms with Crippen molar-refractivity contribution < 1.29 is 9.21 Å². The molecule has 104 valence electrons. The zero-order valence-electron chi connectivity index (χ0n) is 11.3. The highest BCUT2D eigenvalue weighted by molar-refractivity contribution is 6.03. The molecular weight excluding hydrogens is 258 g/mol. The van der Waals surface area contributed by atoms with Crippen LogP contribution in [0.4, 0.5) is 6.01 Å². The monoisotopic (exact) mass is 273 g/mol. The Balaban J connectivity index is 2.02. The maximum atomic E-state index is 12.3. The van der Waals surface area contributed by atoms with Gasteiger partial charge in [0.1, 0.15) is 11.8 Å². The molecule has 0 saturated carbocycles. The highest BCUT2D eigenvalue weighted by Crippen LogP contribution is 2.31. The Labute approximate surface area is 115 Å². The standard InChI is InChI=1S/C14H15N3O3/c1-8-3-4-11-9(8)7-10(13(19)17(11)2)12(18)16-14-15-5-6-20-14/h5-8H,3-4H2,1-2H3,(H,15,16,18)/t8-/m0/s1. The Bertz CT molecular complexity index is 716. The number of oxazole rings is 1. The summed E-state index contributed by atoms with van der Waals surface area (Å²) in [4.78, 5) is 28.2. The number of pyridine rings is 1. The lowest BCUT2D eigenvalue weighted by Crippen LogP contribution is -2.29. The van der Waals surface area contributed by atoms with E-state index in [2.05, 4.69) is 17.2 Å². The Kier molecular flexibility index (Phi) is 2.93. The molecule has 1 amide bonds. The number of amides is 1. The van der Waals surface area contributed by atoms with Gasteiger partial charge in [0.15, 0.2) is 0 Å². The zero-order valence-corrected chi connectivity index (χ0v) is 11.3. The smallest absolute Gasteiger partial charge is 0.301 e. The molecule has 1 aliphatic carbocycles. The molecule has 0 fully saturated rings. The Morgan fingerprint density at radius 3 is 3.05 bits per heavy atom. The average Bonchev–Trinajstić information content (AvgIpc) is 3.04. The fraction of sp³-hybridized carbons (Fsp3) is 0.357. The third-order valence-corrected chi connectivity index (χ3v) is 3.82. The summed E-state index contributed by atoms with van der Waals surface area (Å²) in [5.41, 5.74) is 1.93. The fourth-order valence-electron chi connectivity index (χ4n) is 2.66. The van der Waals surface area contributed by atoms with Crippen molar-refractivity contribution in [3.8, 4) is 0 Å². The molecule has 1 atom stereocenters. The third-order valence-electron chi connectivity index (χ3n) is 3.82. The summed E-state index contributed by atoms with van der Waals surface area (Å²) >= 11 is 0. The van der Waals surface area contributed by atoms with Crippen LogP contribution in [0, 0.1) is 0 Å². The molecule has 0 saturated heterocycles. The van der Waals surface area contributed by atoms with E-state index in [0.29, 0.717) is 5.92 Å². The molecule has 0 unspecified atom stereocenters. The van der Waals surface area contributed by atoms with Crippen LogP contribution < -0.4 is 10.9 Å². The van der Waals surface area contributed by atoms with Gasteiger partial charge in [0.25, 0.3) is 11.5 Å². The van der Waals surface area contributed by atoms with Crippen molar-refractivity contribution in [2.75, 3.05) is 5.32 Å². The van der Waals surface area contributed by atoms with E-state index >= 15 is 0 Å². The van der Waals surface area contributed by atoms with E-state index in [1.165, 1.54) is 12.5 Å². The normalized spacial score (nSPS) is 17.0. The van der Waals surface area contributed by atoms with Gasteiger partial charge in [-0.05, 0) is 30.4 Å². The van der Waals surface area contributed by atoms with Crippen LogP contribution in [0.15, 0.2) is 27.7 Å². The molecule has 2 aromatic rings. The lowest BCUT2D eigenvalue weighted by molar-refractivity contribution is 0.102. The van der Waals surface area contributed by atoms with Crippen molar-refractivity contribution >= 4 is 11.9 Å². The minimum absolute atomic E-state index is 0.0885. The minimum atomic E-state index is -0.491. The number of carbonyl (C=O) groups is 1. The molecule has 1 N–H and O–H groups in total. The first-order chi connectivity index (χ1) is 9.58. The molecule has 2 aromatic heterocycles. The molecule has 20 heavy (non-hydrogen) atoms. The topological polar surface area (TPSA) is 77.1 Å². The fourth-order valence-corrected chi connectivity index (χ4v) is 2.66. The first-order valence-electron chi connectivity index (χ1n) is 6.51. The number of hydrogen-bond acceptors (Lipinski definition) is 4. The number of rotatable bonds is 2. The van der Waals surface area contributed by atoms with Crippen molar-refractivity contribution in [3.63, 3.8) is 0 Å². The second-order valence-electron chi connectivity index (χ2n) is 5.06. The summed E-state index contributed by atoms with van der Waals surface area (Å²) in [6, 6.07) is 1.79. The third kappa shape index (κ3) is 1.93. The van der Waals surface area contributed by atoms with Gasteiger partial charge in [-0.3, -0.25) is 14.9 Å². The molecule has 6 heteroatoms. The molecule has 0 aromatic carbocycles. The predicted octanol–water partition coefficient (Wildman–Crippen LogP) is 1.68. The lowest BCUT2D eigenvalue weighted by atomic mass is 10.0. The second kappa shape index (κ2) is 4.63. The predicted molar refractivity (Wildman–Crippen MR) is 72.9 cm³/mol. The van der Waals surface area contributed by atoms with Crippen LogP contribution in [0.25, 0.3) is 0 Å². The highest BCUT2D eigenvalue weighted by Gasteiger charge is 2.25. The van der Waals surface area contributed by atoms with Crippen molar-refractivity contribution in [2.45, 2.75) is 25.7 Å². The molecule has 0 spiro atoms. The number of carbonyl (C=O) groups excluding carboxylic acids is 1. The van der Waals surface area contributed by atoms with Crippen LogP contribution in [0.2, 0.25) is 0 Å². The zero-order chi connectivity index (χ0) is 14.3. The van der Waals surface area contributed by atoms with Crippen molar-refractivity contribution in [3.05, 3.63) is 45.7 Å². The first kappa shape index (κ1) is 12.7. The number of hydrogen-bond donors (Lipinski definition) is 1. The summed E-state index contributed by atoms with van der Waals surface area (Å²) in [6.45, 7) is 2.10. The number of aromatic nitrogens is 2. The van der Waals surface area contributed by atoms with Crippen molar-refractivity contribution in [1.29, 1.82) is 0 Å². The van der Waals surface area contributed by atoms with Gasteiger partial charge in [0.05, 0.1) is 6.20 Å². The average molecular weight is 273 g/mol. The van der Waals surface area contributed by atoms with E-state index in [-0.39, 0.29) is 17.1 Å². The number of nitrogens with one attached hydrogen (secondary N) is 1. The molecule has 1 aliphatic rings. The van der Waals surface area contributed by atoms with E-state index in [0.717, 1.165) is 24.1 Å². The van der Waals surface area contributed by atoms with Crippen LogP contribution in [0.5, 0.6) is 0 Å². The van der Waals surface area contributed by atoms with Crippen LogP contribution in [-0.2, 0) is 13.5 Å². The van der Waals surface area contributed by atoms with Crippen LogP contribution in [0.3, 0.4) is 0 Å². The Morgan fingerprint density at radius 2 is 2.35 bits per heavy atom. The van der Waals surface area contributed by atoms with Gasteiger partial charge in [-0.2, -0.15) is 0 Å². The van der Waals surface area contributed by atoms with Gasteiger partial charge < -0.3 is 8.98 Å². The molecule has 3 rings (SSSR count). The van der Waals surface area contributed by atoms with Crippen molar-refractivity contribution in [1.82, 2.24) is 9.55 Å². The maximum absolute atomic E-state index is 12.3. The quantitative estimate of drug-likeness (QED) is 0.903. The molecule has 0 radical (unpaired) electrons. The molecular formula is C14H15N3O3. The van der Waals surface area contributed by atoms with E-state index < -0.39 is 5.91 Å². The van der Waals surface area contributed by atoms with Gasteiger partial charge >= 0.3 is 6.01 Å². The Morgan fingerprint density at radius 1 is 1.55 bits per heavy atom. The number of fused-ring (bicyclic) bond motifs is 1. The van der Waals surface area contributed by atoms with Gasteiger partial charge in [-0.1, -0.05) is 6.92 Å². The first-order valence-corrected chi connectivity index (χ1v) is 6.51. The van der Waals surface area contributed by atoms with E-state index in [1.54, 1.807) is 17.7 Å². The molecule has 6 nitrogen and oxygen atoms in total. The van der Waals surface area contributed by atoms with Crippen molar-refractivity contribution in [2.24, 2.45) is 7.05 Å². The lowest BCUT2D eigenvalue weighted by Gasteiger charge is -2.11. The van der Waals surface area contributed by atoms with E-state index in [4.69, 9.17) is 4.42 Å². The number of anilines is 1. The molecule has 0 aliphatic heterocycles. The highest BCUT2D eigenvalue weighted by atomic mass is 16.4. The summed E-state index contributed by atoms with van der Waals surface area (Å²) in [7, 11) is 1.71.